The molecule has 126 valence electrons. The molecule has 0 aliphatic carbocycles. The number of nitrogens with zero attached hydrogens (tertiary/aromatic N) is 2. The molecule has 1 aromatic heterocycles. The number of benzene rings is 1. The predicted octanol–water partition coefficient (Wildman–Crippen LogP) is 3.73. The maximum Gasteiger partial charge on any atom is 0.387 e. The van der Waals surface area contributed by atoms with Gasteiger partial charge in [0.1, 0.15) is 5.75 Å². The number of alkyl halides is 2. The summed E-state index contributed by atoms with van der Waals surface area (Å²) in [6.45, 7) is 2.40. The van der Waals surface area contributed by atoms with Crippen LogP contribution < -0.4 is 10.1 Å². The normalized spacial score (nSPS) is 11.3. The van der Waals surface area contributed by atoms with Gasteiger partial charge in [-0.1, -0.05) is 15.9 Å². The van der Waals surface area contributed by atoms with Crippen molar-refractivity contribution in [1.82, 2.24) is 15.1 Å². The quantitative estimate of drug-likeness (QED) is 0.735. The summed E-state index contributed by atoms with van der Waals surface area (Å²) in [7, 11) is 1.93. The number of aromatic nitrogens is 2. The Morgan fingerprint density at radius 1 is 1.35 bits per heavy atom. The zero-order chi connectivity index (χ0) is 17.0. The standard InChI is InChI=1S/C16H20BrF2N3O/c1-10-14(11(2)22(3)21-10)6-7-20-9-12-8-13(17)4-5-15(12)23-16(18)19/h4-5,8,16,20H,6-7,9H2,1-3H3. The summed E-state index contributed by atoms with van der Waals surface area (Å²) >= 11 is 3.35. The van der Waals surface area contributed by atoms with Gasteiger partial charge in [0.05, 0.1) is 5.69 Å². The SMILES string of the molecule is Cc1nn(C)c(C)c1CCNCc1cc(Br)ccc1OC(F)F. The number of hydrogen-bond donors (Lipinski definition) is 1. The van der Waals surface area contributed by atoms with Crippen molar-refractivity contribution in [3.05, 3.63) is 45.2 Å². The molecule has 1 heterocycles. The van der Waals surface area contributed by atoms with Crippen LogP contribution in [-0.4, -0.2) is 22.9 Å². The van der Waals surface area contributed by atoms with E-state index in [1.807, 2.05) is 25.6 Å². The third-order valence-corrected chi connectivity index (χ3v) is 4.26. The van der Waals surface area contributed by atoms with Crippen molar-refractivity contribution in [2.24, 2.45) is 7.05 Å². The Morgan fingerprint density at radius 2 is 2.09 bits per heavy atom. The number of rotatable bonds is 7. The van der Waals surface area contributed by atoms with Crippen molar-refractivity contribution in [2.45, 2.75) is 33.4 Å². The molecule has 1 N–H and O–H groups in total. The second-order valence-electron chi connectivity index (χ2n) is 5.33. The van der Waals surface area contributed by atoms with Gasteiger partial charge in [0, 0.05) is 29.3 Å². The van der Waals surface area contributed by atoms with Gasteiger partial charge in [-0.05, 0) is 50.6 Å². The number of halogens is 3. The fourth-order valence-electron chi connectivity index (χ4n) is 2.51. The largest absolute Gasteiger partial charge is 0.434 e. The summed E-state index contributed by atoms with van der Waals surface area (Å²) in [6.07, 6.45) is 0.838. The molecule has 7 heteroatoms. The van der Waals surface area contributed by atoms with Crippen molar-refractivity contribution >= 4 is 15.9 Å². The fourth-order valence-corrected chi connectivity index (χ4v) is 2.92. The minimum atomic E-state index is -2.82. The third-order valence-electron chi connectivity index (χ3n) is 3.76. The van der Waals surface area contributed by atoms with Crippen LogP contribution in [0.1, 0.15) is 22.5 Å². The fraction of sp³-hybridized carbons (Fsp3) is 0.438. The van der Waals surface area contributed by atoms with Crippen molar-refractivity contribution in [3.63, 3.8) is 0 Å². The molecule has 0 amide bonds. The van der Waals surface area contributed by atoms with Gasteiger partial charge in [0.2, 0.25) is 0 Å². The van der Waals surface area contributed by atoms with Crippen LogP contribution in [0.5, 0.6) is 5.75 Å². The van der Waals surface area contributed by atoms with E-state index < -0.39 is 6.61 Å². The second-order valence-corrected chi connectivity index (χ2v) is 6.25. The number of nitrogens with one attached hydrogen (secondary N) is 1. The molecular weight excluding hydrogens is 368 g/mol. The van der Waals surface area contributed by atoms with Gasteiger partial charge >= 0.3 is 6.61 Å². The molecule has 0 aliphatic rings. The Kier molecular flexibility index (Phi) is 6.12. The smallest absolute Gasteiger partial charge is 0.387 e. The average Bonchev–Trinajstić information content (AvgIpc) is 2.71. The molecule has 0 bridgehead atoms. The zero-order valence-electron chi connectivity index (χ0n) is 13.4. The number of aryl methyl sites for hydroxylation is 2. The Hall–Kier alpha value is -1.47. The minimum absolute atomic E-state index is 0.199. The summed E-state index contributed by atoms with van der Waals surface area (Å²) in [5.41, 5.74) is 4.09. The lowest BCUT2D eigenvalue weighted by molar-refractivity contribution is -0.0505. The molecule has 0 aliphatic heterocycles. The summed E-state index contributed by atoms with van der Waals surface area (Å²) in [5, 5.41) is 7.66. The lowest BCUT2D eigenvalue weighted by Gasteiger charge is -2.12. The Labute approximate surface area is 143 Å². The van der Waals surface area contributed by atoms with Crippen LogP contribution in [-0.2, 0) is 20.0 Å². The topological polar surface area (TPSA) is 39.1 Å². The molecule has 0 radical (unpaired) electrons. The van der Waals surface area contributed by atoms with Gasteiger partial charge in [0.15, 0.2) is 0 Å². The molecule has 0 spiro atoms. The average molecular weight is 388 g/mol. The monoisotopic (exact) mass is 387 g/mol. The van der Waals surface area contributed by atoms with Crippen molar-refractivity contribution in [3.8, 4) is 5.75 Å². The molecule has 0 unspecified atom stereocenters. The van der Waals surface area contributed by atoms with E-state index in [1.54, 1.807) is 18.2 Å². The molecule has 4 nitrogen and oxygen atoms in total. The lowest BCUT2D eigenvalue weighted by atomic mass is 10.1. The van der Waals surface area contributed by atoms with E-state index in [4.69, 9.17) is 0 Å². The van der Waals surface area contributed by atoms with Gasteiger partial charge in [-0.3, -0.25) is 4.68 Å². The highest BCUT2D eigenvalue weighted by molar-refractivity contribution is 9.10. The molecule has 0 fully saturated rings. The summed E-state index contributed by atoms with van der Waals surface area (Å²) < 4.78 is 32.1. The van der Waals surface area contributed by atoms with E-state index >= 15 is 0 Å². The van der Waals surface area contributed by atoms with E-state index in [2.05, 4.69) is 31.1 Å². The van der Waals surface area contributed by atoms with Crippen molar-refractivity contribution in [1.29, 1.82) is 0 Å². The second kappa shape index (κ2) is 7.88. The molecule has 2 aromatic rings. The highest BCUT2D eigenvalue weighted by Gasteiger charge is 2.11. The first kappa shape index (κ1) is 17.9. The van der Waals surface area contributed by atoms with E-state index in [0.717, 1.165) is 28.8 Å². The van der Waals surface area contributed by atoms with Crippen LogP contribution in [0.3, 0.4) is 0 Å². The maximum absolute atomic E-state index is 12.4. The van der Waals surface area contributed by atoms with Gasteiger partial charge in [-0.25, -0.2) is 0 Å². The van der Waals surface area contributed by atoms with Crippen molar-refractivity contribution in [2.75, 3.05) is 6.54 Å². The number of hydrogen-bond acceptors (Lipinski definition) is 3. The third kappa shape index (κ3) is 4.75. The van der Waals surface area contributed by atoms with E-state index in [0.29, 0.717) is 12.1 Å². The first-order valence-electron chi connectivity index (χ1n) is 7.31. The molecule has 0 saturated heterocycles. The highest BCUT2D eigenvalue weighted by Crippen LogP contribution is 2.24. The first-order valence-corrected chi connectivity index (χ1v) is 8.10. The van der Waals surface area contributed by atoms with Crippen LogP contribution in [0.25, 0.3) is 0 Å². The van der Waals surface area contributed by atoms with Crippen LogP contribution in [0.4, 0.5) is 8.78 Å². The molecule has 0 saturated carbocycles. The summed E-state index contributed by atoms with van der Waals surface area (Å²) in [6, 6.07) is 5.01. The minimum Gasteiger partial charge on any atom is -0.434 e. The van der Waals surface area contributed by atoms with Crippen LogP contribution in [0, 0.1) is 13.8 Å². The van der Waals surface area contributed by atoms with Crippen LogP contribution >= 0.6 is 15.9 Å². The zero-order valence-corrected chi connectivity index (χ0v) is 15.0. The van der Waals surface area contributed by atoms with Crippen molar-refractivity contribution < 1.29 is 13.5 Å². The Balaban J connectivity index is 1.94. The Morgan fingerprint density at radius 3 is 2.70 bits per heavy atom. The van der Waals surface area contributed by atoms with Gasteiger partial charge in [-0.2, -0.15) is 13.9 Å². The van der Waals surface area contributed by atoms with E-state index in [9.17, 15) is 8.78 Å². The molecule has 2 rings (SSSR count). The molecule has 0 atom stereocenters. The lowest BCUT2D eigenvalue weighted by Crippen LogP contribution is -2.18. The highest BCUT2D eigenvalue weighted by atomic mass is 79.9. The summed E-state index contributed by atoms with van der Waals surface area (Å²) in [4.78, 5) is 0. The van der Waals surface area contributed by atoms with Gasteiger partial charge in [-0.15, -0.1) is 0 Å². The molecule has 23 heavy (non-hydrogen) atoms. The van der Waals surface area contributed by atoms with E-state index in [-0.39, 0.29) is 5.75 Å². The summed E-state index contributed by atoms with van der Waals surface area (Å²) in [5.74, 6) is 0.199. The Bertz CT molecular complexity index is 674. The molecular formula is C16H20BrF2N3O. The number of ether oxygens (including phenoxy) is 1. The van der Waals surface area contributed by atoms with Crippen LogP contribution in [0.2, 0.25) is 0 Å². The predicted molar refractivity (Wildman–Crippen MR) is 88.9 cm³/mol. The molecule has 1 aromatic carbocycles. The van der Waals surface area contributed by atoms with Gasteiger partial charge < -0.3 is 10.1 Å². The maximum atomic E-state index is 12.4. The van der Waals surface area contributed by atoms with Crippen LogP contribution in [0.15, 0.2) is 22.7 Å². The first-order chi connectivity index (χ1) is 10.9. The van der Waals surface area contributed by atoms with E-state index in [1.165, 1.54) is 5.56 Å². The van der Waals surface area contributed by atoms with Gasteiger partial charge in [0.25, 0.3) is 0 Å².